The highest BCUT2D eigenvalue weighted by molar-refractivity contribution is 7.99. The van der Waals surface area contributed by atoms with Crippen molar-refractivity contribution in [3.8, 4) is 11.5 Å². The maximum Gasteiger partial charge on any atom is 0.243 e. The Morgan fingerprint density at radius 2 is 1.64 bits per heavy atom. The summed E-state index contributed by atoms with van der Waals surface area (Å²) in [4.78, 5) is 22.8. The number of ether oxygens (including phenoxy) is 3. The molecular formula is C32H51N3O8S2. The molecule has 0 fully saturated rings. The van der Waals surface area contributed by atoms with Crippen molar-refractivity contribution in [2.75, 3.05) is 39.8 Å². The Hall–Kier alpha value is -2.84. The topological polar surface area (TPSA) is 143 Å². The van der Waals surface area contributed by atoms with E-state index in [0.29, 0.717) is 23.5 Å². The van der Waals surface area contributed by atoms with E-state index in [9.17, 15) is 23.1 Å². The molecule has 0 bridgehead atoms. The van der Waals surface area contributed by atoms with E-state index in [1.807, 2.05) is 46.4 Å². The lowest BCUT2D eigenvalue weighted by atomic mass is 10.0. The van der Waals surface area contributed by atoms with E-state index in [4.69, 9.17) is 14.2 Å². The smallest absolute Gasteiger partial charge is 0.243 e. The van der Waals surface area contributed by atoms with E-state index in [-0.39, 0.29) is 42.8 Å². The summed E-state index contributed by atoms with van der Waals surface area (Å²) in [5.74, 6) is 0.250. The van der Waals surface area contributed by atoms with Crippen LogP contribution in [0.25, 0.3) is 0 Å². The first-order valence-electron chi connectivity index (χ1n) is 14.7. The van der Waals surface area contributed by atoms with E-state index in [0.717, 1.165) is 5.25 Å². The number of sulfonamides is 1. The number of carbonyl (C=O) groups excluding carboxylic acids is 2. The third-order valence-electron chi connectivity index (χ3n) is 6.23. The van der Waals surface area contributed by atoms with Gasteiger partial charge in [-0.2, -0.15) is 16.1 Å². The van der Waals surface area contributed by atoms with Crippen molar-refractivity contribution in [1.82, 2.24) is 14.9 Å². The SMILES string of the molecule is CC(C)CN(C[C@@H](O)[C@@H](NC(=O)CNC=O)c1ccccc1)S(=O)(=O)c1ccc2c(c1)OCO2.COC(C)(C)C.CSC(C)C. The van der Waals surface area contributed by atoms with Crippen LogP contribution >= 0.6 is 11.8 Å². The highest BCUT2D eigenvalue weighted by Gasteiger charge is 2.32. The van der Waals surface area contributed by atoms with Crippen LogP contribution in [0.1, 0.15) is 60.1 Å². The summed E-state index contributed by atoms with van der Waals surface area (Å²) >= 11 is 1.88. The molecule has 13 heteroatoms. The van der Waals surface area contributed by atoms with Crippen molar-refractivity contribution in [3.05, 3.63) is 54.1 Å². The first kappa shape index (κ1) is 40.2. The second-order valence-electron chi connectivity index (χ2n) is 11.9. The van der Waals surface area contributed by atoms with Crippen LogP contribution < -0.4 is 20.1 Å². The summed E-state index contributed by atoms with van der Waals surface area (Å²) in [7, 11) is -2.30. The van der Waals surface area contributed by atoms with Crippen molar-refractivity contribution >= 4 is 34.1 Å². The minimum absolute atomic E-state index is 0.0140. The van der Waals surface area contributed by atoms with Gasteiger partial charge < -0.3 is 30.0 Å². The zero-order valence-corrected chi connectivity index (χ0v) is 29.5. The van der Waals surface area contributed by atoms with Gasteiger partial charge in [-0.25, -0.2) is 8.42 Å². The molecule has 0 saturated carbocycles. The number of thioether (sulfide) groups is 1. The molecule has 1 aliphatic rings. The highest BCUT2D eigenvalue weighted by Crippen LogP contribution is 2.35. The number of carbonyl (C=O) groups is 2. The Labute approximate surface area is 273 Å². The molecule has 3 rings (SSSR count). The summed E-state index contributed by atoms with van der Waals surface area (Å²) in [5, 5.41) is 16.9. The number of aliphatic hydroxyl groups is 1. The number of amides is 2. The largest absolute Gasteiger partial charge is 0.454 e. The van der Waals surface area contributed by atoms with Crippen LogP contribution in [0.4, 0.5) is 0 Å². The second kappa shape index (κ2) is 19.6. The van der Waals surface area contributed by atoms with Gasteiger partial charge in [0.05, 0.1) is 29.2 Å². The van der Waals surface area contributed by atoms with Gasteiger partial charge in [0.1, 0.15) is 0 Å². The van der Waals surface area contributed by atoms with E-state index >= 15 is 0 Å². The fourth-order valence-corrected chi connectivity index (χ4v) is 5.24. The fraction of sp³-hybridized carbons (Fsp3) is 0.562. The first-order valence-corrected chi connectivity index (χ1v) is 17.5. The molecule has 0 unspecified atom stereocenters. The van der Waals surface area contributed by atoms with Crippen molar-refractivity contribution in [2.24, 2.45) is 5.92 Å². The van der Waals surface area contributed by atoms with Gasteiger partial charge in [-0.3, -0.25) is 9.59 Å². The molecule has 0 spiro atoms. The Morgan fingerprint density at radius 3 is 2.16 bits per heavy atom. The van der Waals surface area contributed by atoms with Gasteiger partial charge >= 0.3 is 0 Å². The number of aliphatic hydroxyl groups excluding tert-OH is 1. The van der Waals surface area contributed by atoms with Gasteiger partial charge in [0.2, 0.25) is 29.1 Å². The van der Waals surface area contributed by atoms with Gasteiger partial charge in [0.15, 0.2) is 11.5 Å². The Bertz CT molecular complexity index is 1270. The molecule has 0 saturated heterocycles. The monoisotopic (exact) mass is 669 g/mol. The van der Waals surface area contributed by atoms with Crippen LogP contribution in [0.2, 0.25) is 0 Å². The lowest BCUT2D eigenvalue weighted by Crippen LogP contribution is -2.47. The van der Waals surface area contributed by atoms with Gasteiger partial charge in [0.25, 0.3) is 0 Å². The fourth-order valence-electron chi connectivity index (χ4n) is 3.60. The van der Waals surface area contributed by atoms with Gasteiger partial charge in [-0.05, 0) is 55.9 Å². The predicted octanol–water partition coefficient (Wildman–Crippen LogP) is 4.22. The number of rotatable bonds is 13. The van der Waals surface area contributed by atoms with E-state index < -0.39 is 28.1 Å². The molecule has 0 aromatic heterocycles. The standard InChI is InChI=1S/C23H29N3O7S.C5H12O.C4H10S/c1-16(2)12-26(34(30,31)18-8-9-20-21(10-18)33-15-32-20)13-19(28)23(17-6-4-3-5-7-17)25-22(29)11-24-14-27;1-5(2,3)6-4;1-4(2)5-3/h3-10,14,16,19,23,28H,11-13,15H2,1-2H3,(H,24,27)(H,25,29);1-4H3;4H,1-3H3/t19-,23+;;/m1../s1. The normalized spacial score (nSPS) is 13.7. The quantitative estimate of drug-likeness (QED) is 0.267. The number of fused-ring (bicyclic) bond motifs is 1. The lowest BCUT2D eigenvalue weighted by molar-refractivity contribution is -0.123. The molecule has 2 aromatic rings. The molecule has 1 heterocycles. The van der Waals surface area contributed by atoms with Crippen molar-refractivity contribution < 1.29 is 37.3 Å². The third kappa shape index (κ3) is 14.9. The van der Waals surface area contributed by atoms with Crippen LogP contribution in [0.5, 0.6) is 11.5 Å². The molecule has 1 aliphatic heterocycles. The number of hydrogen-bond acceptors (Lipinski definition) is 9. The van der Waals surface area contributed by atoms with Crippen molar-refractivity contribution in [1.29, 1.82) is 0 Å². The number of hydrogen-bond donors (Lipinski definition) is 3. The number of nitrogens with one attached hydrogen (secondary N) is 2. The summed E-state index contributed by atoms with van der Waals surface area (Å²) in [6, 6.07) is 12.2. The molecule has 2 aromatic carbocycles. The molecule has 0 radical (unpaired) electrons. The van der Waals surface area contributed by atoms with Crippen LogP contribution in [0.15, 0.2) is 53.4 Å². The number of benzene rings is 2. The minimum Gasteiger partial charge on any atom is -0.454 e. The molecule has 3 N–H and O–H groups in total. The molecule has 254 valence electrons. The molecule has 11 nitrogen and oxygen atoms in total. The molecular weight excluding hydrogens is 618 g/mol. The summed E-state index contributed by atoms with van der Waals surface area (Å²) in [6.07, 6.45) is 1.24. The summed E-state index contributed by atoms with van der Waals surface area (Å²) in [5.41, 5.74) is 0.638. The summed E-state index contributed by atoms with van der Waals surface area (Å²) < 4.78 is 43.7. The molecule has 2 amide bonds. The van der Waals surface area contributed by atoms with Crippen LogP contribution in [0.3, 0.4) is 0 Å². The van der Waals surface area contributed by atoms with Crippen LogP contribution in [-0.2, 0) is 24.3 Å². The van der Waals surface area contributed by atoms with E-state index in [2.05, 4.69) is 30.7 Å². The zero-order valence-electron chi connectivity index (χ0n) is 27.9. The second-order valence-corrected chi connectivity index (χ2v) is 15.2. The van der Waals surface area contributed by atoms with Crippen molar-refractivity contribution in [3.63, 3.8) is 0 Å². The Morgan fingerprint density at radius 1 is 1.07 bits per heavy atom. The van der Waals surface area contributed by atoms with E-state index in [1.165, 1.54) is 22.5 Å². The lowest BCUT2D eigenvalue weighted by Gasteiger charge is -2.31. The minimum atomic E-state index is -4.00. The first-order chi connectivity index (χ1) is 21.0. The molecule has 2 atom stereocenters. The average molecular weight is 670 g/mol. The third-order valence-corrected chi connectivity index (χ3v) is 9.00. The molecule has 0 aliphatic carbocycles. The number of nitrogens with zero attached hydrogens (tertiary/aromatic N) is 1. The Balaban J connectivity index is 0.000000788. The molecule has 45 heavy (non-hydrogen) atoms. The zero-order chi connectivity index (χ0) is 34.2. The van der Waals surface area contributed by atoms with Crippen LogP contribution in [0, 0.1) is 5.92 Å². The Kier molecular flexibility index (Phi) is 17.5. The van der Waals surface area contributed by atoms with E-state index in [1.54, 1.807) is 37.4 Å². The van der Waals surface area contributed by atoms with Gasteiger partial charge in [-0.15, -0.1) is 0 Å². The van der Waals surface area contributed by atoms with Gasteiger partial charge in [-0.1, -0.05) is 58.0 Å². The summed E-state index contributed by atoms with van der Waals surface area (Å²) in [6.45, 7) is 13.8. The van der Waals surface area contributed by atoms with Crippen molar-refractivity contribution in [2.45, 2.75) is 76.4 Å². The van der Waals surface area contributed by atoms with Gasteiger partial charge in [0, 0.05) is 26.3 Å². The van der Waals surface area contributed by atoms with Crippen LogP contribution in [-0.4, -0.2) is 86.9 Å². The average Bonchev–Trinajstić information content (AvgIpc) is 3.47. The highest BCUT2D eigenvalue weighted by atomic mass is 32.2. The number of methoxy groups -OCH3 is 1. The maximum absolute atomic E-state index is 13.5. The maximum atomic E-state index is 13.5. The predicted molar refractivity (Wildman–Crippen MR) is 179 cm³/mol.